The number of hydrogen-bond acceptors (Lipinski definition) is 6. The van der Waals surface area contributed by atoms with E-state index in [0.29, 0.717) is 38.8 Å². The van der Waals surface area contributed by atoms with Gasteiger partial charge in [0.1, 0.15) is 11.0 Å². The maximum Gasteiger partial charge on any atom is 0.205 e. The first kappa shape index (κ1) is 16.5. The molecular formula is C16H17Cl2N3O2S. The molecule has 2 aliphatic rings. The number of ether oxygens (including phenoxy) is 1. The van der Waals surface area contributed by atoms with Gasteiger partial charge in [-0.3, -0.25) is 5.01 Å². The van der Waals surface area contributed by atoms with Gasteiger partial charge < -0.3 is 9.15 Å². The van der Waals surface area contributed by atoms with Gasteiger partial charge in [-0.2, -0.15) is 5.10 Å². The first-order valence-electron chi connectivity index (χ1n) is 7.96. The quantitative estimate of drug-likeness (QED) is 0.771. The Morgan fingerprint density at radius 1 is 1.33 bits per heavy atom. The Kier molecular flexibility index (Phi) is 4.90. The summed E-state index contributed by atoms with van der Waals surface area (Å²) in [5, 5.41) is 7.68. The van der Waals surface area contributed by atoms with E-state index in [-0.39, 0.29) is 5.44 Å². The third kappa shape index (κ3) is 3.52. The molecule has 0 radical (unpaired) electrons. The van der Waals surface area contributed by atoms with E-state index in [1.165, 1.54) is 0 Å². The van der Waals surface area contributed by atoms with Gasteiger partial charge >= 0.3 is 0 Å². The molecule has 2 atom stereocenters. The molecule has 0 bridgehead atoms. The molecule has 5 nitrogen and oxygen atoms in total. The molecule has 2 unspecified atom stereocenters. The van der Waals surface area contributed by atoms with Crippen molar-refractivity contribution in [3.8, 4) is 0 Å². The molecule has 3 heterocycles. The Bertz CT molecular complexity index is 767. The van der Waals surface area contributed by atoms with Gasteiger partial charge in [0.2, 0.25) is 5.89 Å². The molecule has 0 saturated carbocycles. The third-order valence-corrected chi connectivity index (χ3v) is 5.82. The number of halogens is 2. The second kappa shape index (κ2) is 7.12. The summed E-state index contributed by atoms with van der Waals surface area (Å²) >= 11 is 13.9. The van der Waals surface area contributed by atoms with Crippen LogP contribution in [0.4, 0.5) is 0 Å². The van der Waals surface area contributed by atoms with Gasteiger partial charge in [-0.25, -0.2) is 4.98 Å². The van der Waals surface area contributed by atoms with E-state index in [0.717, 1.165) is 32.4 Å². The third-order valence-electron chi connectivity index (χ3n) is 4.20. The van der Waals surface area contributed by atoms with Crippen molar-refractivity contribution in [3.05, 3.63) is 28.1 Å². The average Bonchev–Trinajstić information content (AvgIpc) is 3.23. The predicted octanol–water partition coefficient (Wildman–Crippen LogP) is 4.56. The van der Waals surface area contributed by atoms with Crippen molar-refractivity contribution in [2.75, 3.05) is 13.2 Å². The van der Waals surface area contributed by atoms with Crippen LogP contribution in [0.15, 0.2) is 21.7 Å². The number of benzene rings is 1. The minimum atomic E-state index is 0.133. The molecule has 1 saturated heterocycles. The lowest BCUT2D eigenvalue weighted by atomic mass is 10.1. The van der Waals surface area contributed by atoms with Crippen LogP contribution in [0.25, 0.3) is 11.1 Å². The summed E-state index contributed by atoms with van der Waals surface area (Å²) in [6.45, 7) is 1.79. The van der Waals surface area contributed by atoms with Gasteiger partial charge in [0.05, 0.1) is 23.4 Å². The number of thioether (sulfide) groups is 1. The van der Waals surface area contributed by atoms with Crippen molar-refractivity contribution in [2.45, 2.75) is 36.5 Å². The summed E-state index contributed by atoms with van der Waals surface area (Å²) in [5.74, 6) is 1.28. The zero-order valence-electron chi connectivity index (χ0n) is 13.0. The topological polar surface area (TPSA) is 50.9 Å². The van der Waals surface area contributed by atoms with E-state index in [9.17, 15) is 0 Å². The van der Waals surface area contributed by atoms with Crippen molar-refractivity contribution in [2.24, 2.45) is 5.10 Å². The van der Waals surface area contributed by atoms with Gasteiger partial charge in [0.25, 0.3) is 0 Å². The summed E-state index contributed by atoms with van der Waals surface area (Å²) < 4.78 is 11.6. The number of hydrogen-bond donors (Lipinski definition) is 0. The van der Waals surface area contributed by atoms with Crippen molar-refractivity contribution in [1.82, 2.24) is 9.99 Å². The number of fused-ring (bicyclic) bond motifs is 1. The fourth-order valence-electron chi connectivity index (χ4n) is 3.05. The SMILES string of the molecule is Clc1cc(Cl)c2oc(CSC3CC(N4CCC=N4)CCO3)nc2c1. The molecule has 24 heavy (non-hydrogen) atoms. The van der Waals surface area contributed by atoms with Crippen LogP contribution in [-0.2, 0) is 10.5 Å². The van der Waals surface area contributed by atoms with Crippen molar-refractivity contribution >= 4 is 52.3 Å². The normalized spacial score (nSPS) is 24.2. The highest BCUT2D eigenvalue weighted by molar-refractivity contribution is 7.98. The van der Waals surface area contributed by atoms with Gasteiger partial charge in [-0.05, 0) is 18.6 Å². The molecular weight excluding hydrogens is 369 g/mol. The van der Waals surface area contributed by atoms with Gasteiger partial charge in [0, 0.05) is 30.6 Å². The van der Waals surface area contributed by atoms with Crippen LogP contribution in [0, 0.1) is 0 Å². The lowest BCUT2D eigenvalue weighted by Crippen LogP contribution is -2.37. The number of aromatic nitrogens is 1. The fourth-order valence-corrected chi connectivity index (χ4v) is 4.57. The van der Waals surface area contributed by atoms with E-state index in [1.54, 1.807) is 23.9 Å². The summed E-state index contributed by atoms with van der Waals surface area (Å²) in [4.78, 5) is 4.47. The number of hydrazone groups is 1. The van der Waals surface area contributed by atoms with Crippen LogP contribution in [-0.4, -0.2) is 40.8 Å². The lowest BCUT2D eigenvalue weighted by Gasteiger charge is -2.33. The van der Waals surface area contributed by atoms with Crippen LogP contribution in [0.5, 0.6) is 0 Å². The fraction of sp³-hybridized carbons (Fsp3) is 0.500. The molecule has 0 spiro atoms. The molecule has 1 fully saturated rings. The molecule has 2 aromatic rings. The number of rotatable bonds is 4. The minimum Gasteiger partial charge on any atom is -0.438 e. The molecule has 8 heteroatoms. The number of nitrogens with zero attached hydrogens (tertiary/aromatic N) is 3. The first-order valence-corrected chi connectivity index (χ1v) is 9.76. The van der Waals surface area contributed by atoms with E-state index in [1.807, 2.05) is 6.21 Å². The Morgan fingerprint density at radius 3 is 3.08 bits per heavy atom. The van der Waals surface area contributed by atoms with Crippen LogP contribution < -0.4 is 0 Å². The molecule has 2 aliphatic heterocycles. The maximum atomic E-state index is 6.15. The smallest absolute Gasteiger partial charge is 0.205 e. The van der Waals surface area contributed by atoms with E-state index < -0.39 is 0 Å². The molecule has 1 aromatic carbocycles. The van der Waals surface area contributed by atoms with Crippen molar-refractivity contribution < 1.29 is 9.15 Å². The van der Waals surface area contributed by atoms with E-state index in [2.05, 4.69) is 15.1 Å². The Morgan fingerprint density at radius 2 is 2.25 bits per heavy atom. The first-order chi connectivity index (χ1) is 11.7. The zero-order valence-corrected chi connectivity index (χ0v) is 15.3. The van der Waals surface area contributed by atoms with Crippen molar-refractivity contribution in [3.63, 3.8) is 0 Å². The monoisotopic (exact) mass is 385 g/mol. The molecule has 1 aromatic heterocycles. The highest BCUT2D eigenvalue weighted by Crippen LogP contribution is 2.32. The van der Waals surface area contributed by atoms with Crippen LogP contribution in [0.3, 0.4) is 0 Å². The predicted molar refractivity (Wildman–Crippen MR) is 97.9 cm³/mol. The maximum absolute atomic E-state index is 6.15. The highest BCUT2D eigenvalue weighted by atomic mass is 35.5. The standard InChI is InChI=1S/C16H17Cl2N3O2S/c17-10-6-12(18)16-13(7-10)20-14(23-16)9-24-15-8-11(2-5-22-15)21-4-1-3-19-21/h3,6-7,11,15H,1-2,4-5,8-9H2. The van der Waals surface area contributed by atoms with Gasteiger partial charge in [-0.1, -0.05) is 23.2 Å². The Balaban J connectivity index is 1.39. The van der Waals surface area contributed by atoms with Gasteiger partial charge in [-0.15, -0.1) is 11.8 Å². The van der Waals surface area contributed by atoms with Gasteiger partial charge in [0.15, 0.2) is 5.58 Å². The summed E-state index contributed by atoms with van der Waals surface area (Å²) in [6, 6.07) is 3.89. The zero-order chi connectivity index (χ0) is 16.5. The largest absolute Gasteiger partial charge is 0.438 e. The molecule has 4 rings (SSSR count). The highest BCUT2D eigenvalue weighted by Gasteiger charge is 2.28. The average molecular weight is 386 g/mol. The molecule has 0 N–H and O–H groups in total. The molecule has 0 amide bonds. The summed E-state index contributed by atoms with van der Waals surface area (Å²) in [6.07, 6.45) is 5.03. The summed E-state index contributed by atoms with van der Waals surface area (Å²) in [5.41, 5.74) is 1.41. The van der Waals surface area contributed by atoms with Crippen LogP contribution in [0.2, 0.25) is 10.0 Å². The minimum absolute atomic E-state index is 0.133. The van der Waals surface area contributed by atoms with Crippen LogP contribution >= 0.6 is 35.0 Å². The second-order valence-electron chi connectivity index (χ2n) is 5.88. The summed E-state index contributed by atoms with van der Waals surface area (Å²) in [7, 11) is 0. The Hall–Kier alpha value is -0.950. The second-order valence-corrected chi connectivity index (χ2v) is 7.87. The number of oxazole rings is 1. The molecule has 0 aliphatic carbocycles. The Labute approximate surface area is 154 Å². The van der Waals surface area contributed by atoms with E-state index >= 15 is 0 Å². The van der Waals surface area contributed by atoms with Crippen LogP contribution in [0.1, 0.15) is 25.2 Å². The van der Waals surface area contributed by atoms with Crippen molar-refractivity contribution in [1.29, 1.82) is 0 Å². The van der Waals surface area contributed by atoms with E-state index in [4.69, 9.17) is 32.4 Å². The lowest BCUT2D eigenvalue weighted by molar-refractivity contribution is 0.0204. The molecule has 128 valence electrons.